The van der Waals surface area contributed by atoms with Crippen molar-refractivity contribution >= 4 is 17.2 Å². The SMILES string of the molecule is CCc1ccc(-c2nc(C)c(C(=O)N(C)CCN(CC)C3CCCC3)s2)cc1. The Morgan fingerprint density at radius 3 is 2.43 bits per heavy atom. The molecule has 1 aromatic carbocycles. The Balaban J connectivity index is 1.65. The van der Waals surface area contributed by atoms with Crippen LogP contribution in [-0.4, -0.2) is 53.4 Å². The molecule has 1 saturated carbocycles. The summed E-state index contributed by atoms with van der Waals surface area (Å²) in [6, 6.07) is 9.20. The molecule has 3 rings (SSSR count). The van der Waals surface area contributed by atoms with Crippen LogP contribution in [0.3, 0.4) is 0 Å². The zero-order valence-electron chi connectivity index (χ0n) is 17.7. The fraction of sp³-hybridized carbons (Fsp3) is 0.565. The van der Waals surface area contributed by atoms with E-state index in [0.29, 0.717) is 6.04 Å². The molecule has 0 bridgehead atoms. The van der Waals surface area contributed by atoms with Gasteiger partial charge in [-0.15, -0.1) is 11.3 Å². The first-order valence-corrected chi connectivity index (χ1v) is 11.4. The van der Waals surface area contributed by atoms with Crippen molar-refractivity contribution in [1.82, 2.24) is 14.8 Å². The van der Waals surface area contributed by atoms with E-state index in [0.717, 1.165) is 47.2 Å². The number of carbonyl (C=O) groups is 1. The van der Waals surface area contributed by atoms with Gasteiger partial charge in [0, 0.05) is 31.7 Å². The van der Waals surface area contributed by atoms with Gasteiger partial charge in [0.25, 0.3) is 5.91 Å². The summed E-state index contributed by atoms with van der Waals surface area (Å²) in [5, 5.41) is 0.929. The van der Waals surface area contributed by atoms with Crippen molar-refractivity contribution in [3.63, 3.8) is 0 Å². The first kappa shape index (κ1) is 21.0. The molecule has 0 N–H and O–H groups in total. The molecule has 0 radical (unpaired) electrons. The van der Waals surface area contributed by atoms with Crippen LogP contribution in [0.2, 0.25) is 0 Å². The molecular weight excluding hydrogens is 366 g/mol. The number of aryl methyl sites for hydroxylation is 2. The van der Waals surface area contributed by atoms with Crippen LogP contribution in [0.25, 0.3) is 10.6 Å². The molecule has 0 atom stereocenters. The van der Waals surface area contributed by atoms with Crippen molar-refractivity contribution in [2.45, 2.75) is 58.9 Å². The van der Waals surface area contributed by atoms with E-state index in [1.54, 1.807) is 0 Å². The van der Waals surface area contributed by atoms with Crippen LogP contribution in [-0.2, 0) is 6.42 Å². The van der Waals surface area contributed by atoms with Crippen LogP contribution < -0.4 is 0 Å². The number of likely N-dealkylation sites (N-methyl/N-ethyl adjacent to an activating group) is 2. The van der Waals surface area contributed by atoms with E-state index in [1.807, 2.05) is 18.9 Å². The second-order valence-corrected chi connectivity index (χ2v) is 8.78. The third kappa shape index (κ3) is 4.81. The zero-order chi connectivity index (χ0) is 20.1. The van der Waals surface area contributed by atoms with Gasteiger partial charge in [0.1, 0.15) is 9.88 Å². The molecular formula is C23H33N3OS. The zero-order valence-corrected chi connectivity index (χ0v) is 18.5. The van der Waals surface area contributed by atoms with E-state index in [9.17, 15) is 4.79 Å². The molecule has 152 valence electrons. The molecule has 0 spiro atoms. The predicted octanol–water partition coefficient (Wildman–Crippen LogP) is 5.02. The van der Waals surface area contributed by atoms with Gasteiger partial charge in [-0.1, -0.05) is 51.0 Å². The maximum absolute atomic E-state index is 13.0. The number of nitrogens with zero attached hydrogens (tertiary/aromatic N) is 3. The lowest BCUT2D eigenvalue weighted by atomic mass is 10.1. The van der Waals surface area contributed by atoms with E-state index in [4.69, 9.17) is 0 Å². The van der Waals surface area contributed by atoms with Crippen LogP contribution in [0.15, 0.2) is 24.3 Å². The Bertz CT molecular complexity index is 778. The average molecular weight is 400 g/mol. The third-order valence-corrected chi connectivity index (χ3v) is 7.11. The van der Waals surface area contributed by atoms with Crippen LogP contribution in [0.5, 0.6) is 0 Å². The number of carbonyl (C=O) groups excluding carboxylic acids is 1. The van der Waals surface area contributed by atoms with Crippen molar-refractivity contribution in [3.05, 3.63) is 40.4 Å². The summed E-state index contributed by atoms with van der Waals surface area (Å²) < 4.78 is 0. The van der Waals surface area contributed by atoms with Gasteiger partial charge in [0.2, 0.25) is 0 Å². The Labute approximate surface area is 173 Å². The fourth-order valence-corrected chi connectivity index (χ4v) is 5.09. The van der Waals surface area contributed by atoms with E-state index >= 15 is 0 Å². The molecule has 1 aliphatic carbocycles. The summed E-state index contributed by atoms with van der Waals surface area (Å²) in [5.41, 5.74) is 3.24. The lowest BCUT2D eigenvalue weighted by Crippen LogP contribution is -2.40. The molecule has 28 heavy (non-hydrogen) atoms. The van der Waals surface area contributed by atoms with Crippen molar-refractivity contribution in [1.29, 1.82) is 0 Å². The highest BCUT2D eigenvalue weighted by Crippen LogP contribution is 2.29. The van der Waals surface area contributed by atoms with Gasteiger partial charge in [-0.05, 0) is 38.3 Å². The van der Waals surface area contributed by atoms with Crippen molar-refractivity contribution in [3.8, 4) is 10.6 Å². The highest BCUT2D eigenvalue weighted by molar-refractivity contribution is 7.17. The highest BCUT2D eigenvalue weighted by atomic mass is 32.1. The lowest BCUT2D eigenvalue weighted by molar-refractivity contribution is 0.0770. The van der Waals surface area contributed by atoms with Crippen molar-refractivity contribution < 1.29 is 4.79 Å². The summed E-state index contributed by atoms with van der Waals surface area (Å²) in [5.74, 6) is 0.0916. The first-order chi connectivity index (χ1) is 13.5. The molecule has 2 aromatic rings. The topological polar surface area (TPSA) is 36.4 Å². The Morgan fingerprint density at radius 2 is 1.82 bits per heavy atom. The van der Waals surface area contributed by atoms with Gasteiger partial charge in [-0.3, -0.25) is 9.69 Å². The number of hydrogen-bond acceptors (Lipinski definition) is 4. The maximum atomic E-state index is 13.0. The molecule has 0 unspecified atom stereocenters. The molecule has 5 heteroatoms. The summed E-state index contributed by atoms with van der Waals surface area (Å²) >= 11 is 1.51. The van der Waals surface area contributed by atoms with Gasteiger partial charge in [-0.2, -0.15) is 0 Å². The second-order valence-electron chi connectivity index (χ2n) is 7.78. The smallest absolute Gasteiger partial charge is 0.265 e. The number of aromatic nitrogens is 1. The predicted molar refractivity (Wildman–Crippen MR) is 118 cm³/mol. The molecule has 1 amide bonds. The standard InChI is InChI=1S/C23H33N3OS/c1-5-18-11-13-19(14-12-18)22-24-17(3)21(28-22)23(27)25(4)15-16-26(6-2)20-9-7-8-10-20/h11-14,20H,5-10,15-16H2,1-4H3. The summed E-state index contributed by atoms with van der Waals surface area (Å²) in [4.78, 5) is 22.9. The molecule has 1 aliphatic rings. The summed E-state index contributed by atoms with van der Waals surface area (Å²) in [6.07, 6.45) is 6.33. The van der Waals surface area contributed by atoms with E-state index in [2.05, 4.69) is 48.0 Å². The minimum absolute atomic E-state index is 0.0916. The molecule has 1 heterocycles. The average Bonchev–Trinajstić information content (AvgIpc) is 3.38. The molecule has 0 saturated heterocycles. The van der Waals surface area contributed by atoms with Gasteiger partial charge < -0.3 is 4.90 Å². The van der Waals surface area contributed by atoms with E-state index in [-0.39, 0.29) is 5.91 Å². The van der Waals surface area contributed by atoms with Crippen molar-refractivity contribution in [2.75, 3.05) is 26.7 Å². The summed E-state index contributed by atoms with van der Waals surface area (Å²) in [7, 11) is 1.92. The number of amides is 1. The van der Waals surface area contributed by atoms with Crippen LogP contribution in [0, 0.1) is 6.92 Å². The minimum Gasteiger partial charge on any atom is -0.340 e. The largest absolute Gasteiger partial charge is 0.340 e. The van der Waals surface area contributed by atoms with Crippen LogP contribution in [0.4, 0.5) is 0 Å². The number of benzene rings is 1. The number of rotatable bonds is 8. The normalized spacial score (nSPS) is 14.8. The summed E-state index contributed by atoms with van der Waals surface area (Å²) in [6.45, 7) is 9.10. The lowest BCUT2D eigenvalue weighted by Gasteiger charge is -2.29. The maximum Gasteiger partial charge on any atom is 0.265 e. The van der Waals surface area contributed by atoms with E-state index in [1.165, 1.54) is 42.6 Å². The third-order valence-electron chi connectivity index (χ3n) is 5.92. The molecule has 1 aromatic heterocycles. The van der Waals surface area contributed by atoms with Crippen LogP contribution in [0.1, 0.15) is 60.5 Å². The second kappa shape index (κ2) is 9.66. The van der Waals surface area contributed by atoms with Gasteiger partial charge in [0.05, 0.1) is 5.69 Å². The quantitative estimate of drug-likeness (QED) is 0.625. The molecule has 0 aliphatic heterocycles. The van der Waals surface area contributed by atoms with Gasteiger partial charge in [0.15, 0.2) is 0 Å². The fourth-order valence-electron chi connectivity index (χ4n) is 4.02. The molecule has 1 fully saturated rings. The number of hydrogen-bond donors (Lipinski definition) is 0. The minimum atomic E-state index is 0.0916. The number of thiazole rings is 1. The first-order valence-electron chi connectivity index (χ1n) is 10.6. The van der Waals surface area contributed by atoms with Crippen LogP contribution >= 0.6 is 11.3 Å². The Kier molecular flexibility index (Phi) is 7.24. The Hall–Kier alpha value is -1.72. The molecule has 4 nitrogen and oxygen atoms in total. The van der Waals surface area contributed by atoms with Crippen molar-refractivity contribution in [2.24, 2.45) is 0 Å². The van der Waals surface area contributed by atoms with Gasteiger partial charge in [-0.25, -0.2) is 4.98 Å². The van der Waals surface area contributed by atoms with Gasteiger partial charge >= 0.3 is 0 Å². The highest BCUT2D eigenvalue weighted by Gasteiger charge is 2.23. The Morgan fingerprint density at radius 1 is 1.14 bits per heavy atom. The monoisotopic (exact) mass is 399 g/mol. The van der Waals surface area contributed by atoms with E-state index < -0.39 is 0 Å².